The molecule has 0 saturated heterocycles. The van der Waals surface area contributed by atoms with Gasteiger partial charge in [-0.05, 0) is 19.3 Å². The van der Waals surface area contributed by atoms with Crippen molar-refractivity contribution in [3.63, 3.8) is 0 Å². The van der Waals surface area contributed by atoms with Gasteiger partial charge >= 0.3 is 0 Å². The van der Waals surface area contributed by atoms with Crippen LogP contribution in [0.15, 0.2) is 12.2 Å². The number of allylic oxidation sites excluding steroid dienone is 1. The SMILES string of the molecule is CCCCCCCOCOCC/C=C/CCI. The highest BCUT2D eigenvalue weighted by atomic mass is 127. The fraction of sp³-hybridized carbons (Fsp3) is 0.857. The first kappa shape index (κ1) is 17.4. The van der Waals surface area contributed by atoms with Crippen LogP contribution < -0.4 is 0 Å². The van der Waals surface area contributed by atoms with Gasteiger partial charge in [0.2, 0.25) is 0 Å². The second kappa shape index (κ2) is 16.4. The molecule has 2 nitrogen and oxygen atoms in total. The van der Waals surface area contributed by atoms with E-state index in [0.717, 1.165) is 26.1 Å². The Labute approximate surface area is 120 Å². The quantitative estimate of drug-likeness (QED) is 0.157. The molecule has 0 aliphatic carbocycles. The lowest BCUT2D eigenvalue weighted by Gasteiger charge is -2.04. The standard InChI is InChI=1S/C14H27IO2/c1-2-3-4-6-9-12-16-14-17-13-10-7-5-8-11-15/h5,7H,2-4,6,8-14H2,1H3/b7-5+. The van der Waals surface area contributed by atoms with Crippen LogP contribution in [-0.2, 0) is 9.47 Å². The van der Waals surface area contributed by atoms with Crippen LogP contribution in [0.3, 0.4) is 0 Å². The van der Waals surface area contributed by atoms with Gasteiger partial charge in [0.1, 0.15) is 6.79 Å². The predicted molar refractivity (Wildman–Crippen MR) is 82.8 cm³/mol. The molecule has 102 valence electrons. The Morgan fingerprint density at radius 3 is 2.35 bits per heavy atom. The van der Waals surface area contributed by atoms with Crippen LogP contribution in [-0.4, -0.2) is 24.4 Å². The number of ether oxygens (including phenoxy) is 2. The lowest BCUT2D eigenvalue weighted by atomic mass is 10.2. The van der Waals surface area contributed by atoms with E-state index < -0.39 is 0 Å². The third-order valence-electron chi connectivity index (χ3n) is 2.43. The van der Waals surface area contributed by atoms with Crippen LogP contribution in [0.5, 0.6) is 0 Å². The number of halogens is 1. The van der Waals surface area contributed by atoms with Gasteiger partial charge < -0.3 is 9.47 Å². The Balaban J connectivity index is 2.94. The fourth-order valence-corrected chi connectivity index (χ4v) is 1.79. The van der Waals surface area contributed by atoms with Crippen LogP contribution >= 0.6 is 22.6 Å². The van der Waals surface area contributed by atoms with Crippen LogP contribution in [0.4, 0.5) is 0 Å². The normalized spacial score (nSPS) is 11.4. The van der Waals surface area contributed by atoms with Gasteiger partial charge in [0, 0.05) is 11.0 Å². The Morgan fingerprint density at radius 1 is 0.882 bits per heavy atom. The maximum atomic E-state index is 5.39. The van der Waals surface area contributed by atoms with Gasteiger partial charge in [-0.2, -0.15) is 0 Å². The summed E-state index contributed by atoms with van der Waals surface area (Å²) in [5.74, 6) is 0. The summed E-state index contributed by atoms with van der Waals surface area (Å²) in [5, 5.41) is 0. The molecule has 0 radical (unpaired) electrons. The molecule has 0 rings (SSSR count). The van der Waals surface area contributed by atoms with Crippen LogP contribution in [0, 0.1) is 0 Å². The Morgan fingerprint density at radius 2 is 1.59 bits per heavy atom. The summed E-state index contributed by atoms with van der Waals surface area (Å²) in [6, 6.07) is 0. The van der Waals surface area contributed by atoms with Crippen molar-refractivity contribution in [2.45, 2.75) is 51.9 Å². The van der Waals surface area contributed by atoms with Gasteiger partial charge in [0.25, 0.3) is 0 Å². The molecule has 0 spiro atoms. The monoisotopic (exact) mass is 354 g/mol. The van der Waals surface area contributed by atoms with Gasteiger partial charge in [-0.1, -0.05) is 67.3 Å². The van der Waals surface area contributed by atoms with E-state index in [1.165, 1.54) is 36.5 Å². The van der Waals surface area contributed by atoms with Crippen molar-refractivity contribution >= 4 is 22.6 Å². The van der Waals surface area contributed by atoms with Gasteiger partial charge in [-0.25, -0.2) is 0 Å². The number of alkyl halides is 1. The smallest absolute Gasteiger partial charge is 0.146 e. The molecule has 0 aliphatic rings. The second-order valence-electron chi connectivity index (χ2n) is 4.09. The lowest BCUT2D eigenvalue weighted by Crippen LogP contribution is -2.02. The number of unbranched alkanes of at least 4 members (excludes halogenated alkanes) is 4. The zero-order valence-electron chi connectivity index (χ0n) is 11.1. The van der Waals surface area contributed by atoms with Crippen molar-refractivity contribution in [1.29, 1.82) is 0 Å². The summed E-state index contributed by atoms with van der Waals surface area (Å²) >= 11 is 2.38. The molecule has 0 fully saturated rings. The van der Waals surface area contributed by atoms with Crippen molar-refractivity contribution < 1.29 is 9.47 Å². The summed E-state index contributed by atoms with van der Waals surface area (Å²) < 4.78 is 12.0. The Bertz CT molecular complexity index is 160. The molecule has 0 aliphatic heterocycles. The largest absolute Gasteiger partial charge is 0.355 e. The lowest BCUT2D eigenvalue weighted by molar-refractivity contribution is -0.0531. The molecule has 0 aromatic rings. The Kier molecular flexibility index (Phi) is 16.8. The number of hydrogen-bond donors (Lipinski definition) is 0. The van der Waals surface area contributed by atoms with E-state index in [1.54, 1.807) is 0 Å². The first-order valence-electron chi connectivity index (χ1n) is 6.78. The van der Waals surface area contributed by atoms with Gasteiger partial charge in [-0.15, -0.1) is 0 Å². The van der Waals surface area contributed by atoms with Crippen molar-refractivity contribution in [1.82, 2.24) is 0 Å². The van der Waals surface area contributed by atoms with E-state index in [1.807, 2.05) is 0 Å². The summed E-state index contributed by atoms with van der Waals surface area (Å²) in [4.78, 5) is 0. The minimum Gasteiger partial charge on any atom is -0.355 e. The average molecular weight is 354 g/mol. The molecule has 0 N–H and O–H groups in total. The fourth-order valence-electron chi connectivity index (χ4n) is 1.43. The van der Waals surface area contributed by atoms with Crippen molar-refractivity contribution in [2.24, 2.45) is 0 Å². The molecule has 3 heteroatoms. The average Bonchev–Trinajstić information content (AvgIpc) is 2.35. The molecule has 0 bridgehead atoms. The van der Waals surface area contributed by atoms with E-state index in [2.05, 4.69) is 41.7 Å². The minimum atomic E-state index is 0.452. The van der Waals surface area contributed by atoms with Gasteiger partial charge in [0.15, 0.2) is 0 Å². The summed E-state index contributed by atoms with van der Waals surface area (Å²) in [5.41, 5.74) is 0. The van der Waals surface area contributed by atoms with Crippen molar-refractivity contribution in [3.8, 4) is 0 Å². The first-order chi connectivity index (χ1) is 8.41. The second-order valence-corrected chi connectivity index (χ2v) is 5.17. The zero-order chi connectivity index (χ0) is 12.6. The number of rotatable bonds is 13. The third-order valence-corrected chi connectivity index (χ3v) is 3.05. The maximum Gasteiger partial charge on any atom is 0.146 e. The van der Waals surface area contributed by atoms with Gasteiger partial charge in [0.05, 0.1) is 6.61 Å². The van der Waals surface area contributed by atoms with Crippen LogP contribution in [0.25, 0.3) is 0 Å². The van der Waals surface area contributed by atoms with Crippen molar-refractivity contribution in [3.05, 3.63) is 12.2 Å². The van der Waals surface area contributed by atoms with E-state index >= 15 is 0 Å². The van der Waals surface area contributed by atoms with E-state index in [9.17, 15) is 0 Å². The van der Waals surface area contributed by atoms with E-state index in [4.69, 9.17) is 9.47 Å². The molecule has 0 atom stereocenters. The number of hydrogen-bond acceptors (Lipinski definition) is 2. The molecule has 0 amide bonds. The summed E-state index contributed by atoms with van der Waals surface area (Å²) in [7, 11) is 0. The zero-order valence-corrected chi connectivity index (χ0v) is 13.3. The summed E-state index contributed by atoms with van der Waals surface area (Å²) in [6.07, 6.45) is 13.0. The summed E-state index contributed by atoms with van der Waals surface area (Å²) in [6.45, 7) is 4.30. The van der Waals surface area contributed by atoms with E-state index in [0.29, 0.717) is 6.79 Å². The maximum absolute atomic E-state index is 5.39. The molecular weight excluding hydrogens is 327 g/mol. The minimum absolute atomic E-state index is 0.452. The molecule has 0 saturated carbocycles. The Hall–Kier alpha value is 0.390. The molecular formula is C14H27IO2. The topological polar surface area (TPSA) is 18.5 Å². The highest BCUT2D eigenvalue weighted by Crippen LogP contribution is 2.02. The highest BCUT2D eigenvalue weighted by Gasteiger charge is 1.90. The van der Waals surface area contributed by atoms with Crippen molar-refractivity contribution in [2.75, 3.05) is 24.4 Å². The highest BCUT2D eigenvalue weighted by molar-refractivity contribution is 14.1. The molecule has 0 aromatic carbocycles. The van der Waals surface area contributed by atoms with Crippen LogP contribution in [0.2, 0.25) is 0 Å². The molecule has 0 aromatic heterocycles. The first-order valence-corrected chi connectivity index (χ1v) is 8.30. The van der Waals surface area contributed by atoms with Gasteiger partial charge in [-0.3, -0.25) is 0 Å². The predicted octanol–water partition coefficient (Wildman–Crippen LogP) is 4.72. The third kappa shape index (κ3) is 16.4. The molecule has 0 heterocycles. The molecule has 17 heavy (non-hydrogen) atoms. The molecule has 0 unspecified atom stereocenters. The van der Waals surface area contributed by atoms with E-state index in [-0.39, 0.29) is 0 Å². The van der Waals surface area contributed by atoms with Crippen LogP contribution in [0.1, 0.15) is 51.9 Å².